The topological polar surface area (TPSA) is 103 Å². The van der Waals surface area contributed by atoms with Gasteiger partial charge in [-0.05, 0) is 48.6 Å². The standard InChI is InChI=1S/C23H22N4O4S2/c1-15-10-20(22(26-12-15)31-14-16-5-8-30-13-16)21-19-3-2-18(11-17(19)4-6-24-21)33(28,29)27-23-25-7-9-32-23/h2-4,6-7,9-12,16H,5,8,13-14H2,1H3,(H,25,27). The Bertz CT molecular complexity index is 1390. The van der Waals surface area contributed by atoms with Gasteiger partial charge in [-0.1, -0.05) is 6.07 Å². The van der Waals surface area contributed by atoms with E-state index in [1.807, 2.05) is 13.0 Å². The Hall–Kier alpha value is -3.08. The van der Waals surface area contributed by atoms with Crippen LogP contribution in [0.2, 0.25) is 0 Å². The van der Waals surface area contributed by atoms with E-state index in [1.54, 1.807) is 48.2 Å². The van der Waals surface area contributed by atoms with Crippen molar-refractivity contribution in [3.8, 4) is 17.1 Å². The van der Waals surface area contributed by atoms with Crippen LogP contribution in [0.5, 0.6) is 5.88 Å². The lowest BCUT2D eigenvalue weighted by Gasteiger charge is -2.15. The lowest BCUT2D eigenvalue weighted by Crippen LogP contribution is -2.13. The third-order valence-electron chi connectivity index (χ3n) is 5.42. The molecular formula is C23H22N4O4S2. The largest absolute Gasteiger partial charge is 0.477 e. The maximum Gasteiger partial charge on any atom is 0.263 e. The molecule has 1 saturated heterocycles. The third-order valence-corrected chi connectivity index (χ3v) is 7.58. The average molecular weight is 483 g/mol. The molecule has 4 heterocycles. The van der Waals surface area contributed by atoms with Gasteiger partial charge in [-0.25, -0.2) is 18.4 Å². The molecule has 1 aromatic carbocycles. The van der Waals surface area contributed by atoms with Crippen LogP contribution in [-0.2, 0) is 14.8 Å². The van der Waals surface area contributed by atoms with Crippen molar-refractivity contribution in [1.82, 2.24) is 15.0 Å². The summed E-state index contributed by atoms with van der Waals surface area (Å²) < 4.78 is 39.6. The molecule has 170 valence electrons. The molecule has 3 aromatic heterocycles. The molecule has 0 saturated carbocycles. The van der Waals surface area contributed by atoms with Crippen molar-refractivity contribution < 1.29 is 17.9 Å². The number of nitrogens with one attached hydrogen (secondary N) is 1. The molecule has 8 nitrogen and oxygen atoms in total. The van der Waals surface area contributed by atoms with Crippen LogP contribution < -0.4 is 9.46 Å². The zero-order valence-electron chi connectivity index (χ0n) is 17.9. The number of hydrogen-bond acceptors (Lipinski definition) is 8. The molecule has 5 rings (SSSR count). The molecule has 1 fully saturated rings. The van der Waals surface area contributed by atoms with E-state index in [-0.39, 0.29) is 4.90 Å². The summed E-state index contributed by atoms with van der Waals surface area (Å²) in [5.74, 6) is 0.856. The van der Waals surface area contributed by atoms with E-state index in [2.05, 4.69) is 19.7 Å². The second kappa shape index (κ2) is 9.05. The molecule has 1 aliphatic rings. The summed E-state index contributed by atoms with van der Waals surface area (Å²) in [6, 6.07) is 8.76. The molecule has 0 spiro atoms. The highest BCUT2D eigenvalue weighted by atomic mass is 32.2. The first-order chi connectivity index (χ1) is 16.0. The number of ether oxygens (including phenoxy) is 2. The summed E-state index contributed by atoms with van der Waals surface area (Å²) in [5.41, 5.74) is 2.45. The molecule has 1 atom stereocenters. The first kappa shape index (κ1) is 21.7. The zero-order chi connectivity index (χ0) is 22.8. The number of fused-ring (bicyclic) bond motifs is 1. The number of sulfonamides is 1. The minimum atomic E-state index is -3.76. The molecule has 4 aromatic rings. The number of aryl methyl sites for hydroxylation is 1. The van der Waals surface area contributed by atoms with Crippen LogP contribution in [0.1, 0.15) is 12.0 Å². The molecule has 0 aliphatic carbocycles. The fourth-order valence-corrected chi connectivity index (χ4v) is 5.56. The molecule has 0 bridgehead atoms. The first-order valence-electron chi connectivity index (χ1n) is 10.5. The van der Waals surface area contributed by atoms with Crippen molar-refractivity contribution in [3.05, 3.63) is 59.9 Å². The number of anilines is 1. The van der Waals surface area contributed by atoms with Crippen LogP contribution in [-0.4, -0.2) is 43.2 Å². The summed E-state index contributed by atoms with van der Waals surface area (Å²) in [7, 11) is -3.76. The fourth-order valence-electron chi connectivity index (χ4n) is 3.74. The Morgan fingerprint density at radius 3 is 2.88 bits per heavy atom. The van der Waals surface area contributed by atoms with Crippen LogP contribution in [0.15, 0.2) is 59.2 Å². The number of rotatable bonds is 7. The van der Waals surface area contributed by atoms with Gasteiger partial charge in [0.25, 0.3) is 10.0 Å². The van der Waals surface area contributed by atoms with Crippen LogP contribution in [0.4, 0.5) is 5.13 Å². The SMILES string of the molecule is Cc1cnc(OCC2CCOC2)c(-c2nccc3cc(S(=O)(=O)Nc4nccs4)ccc23)c1. The van der Waals surface area contributed by atoms with Crippen LogP contribution in [0.3, 0.4) is 0 Å². The van der Waals surface area contributed by atoms with Gasteiger partial charge >= 0.3 is 0 Å². The second-order valence-corrected chi connectivity index (χ2v) is 10.5. The van der Waals surface area contributed by atoms with E-state index >= 15 is 0 Å². The number of benzene rings is 1. The summed E-state index contributed by atoms with van der Waals surface area (Å²) >= 11 is 1.22. The first-order valence-corrected chi connectivity index (χ1v) is 12.8. The van der Waals surface area contributed by atoms with Gasteiger partial charge in [-0.3, -0.25) is 9.71 Å². The van der Waals surface area contributed by atoms with E-state index in [4.69, 9.17) is 9.47 Å². The summed E-state index contributed by atoms with van der Waals surface area (Å²) in [5, 5.41) is 3.60. The highest BCUT2D eigenvalue weighted by molar-refractivity contribution is 7.93. The Kier molecular flexibility index (Phi) is 5.96. The molecule has 1 unspecified atom stereocenters. The van der Waals surface area contributed by atoms with Gasteiger partial charge in [0.2, 0.25) is 5.88 Å². The maximum absolute atomic E-state index is 12.8. The molecule has 33 heavy (non-hydrogen) atoms. The van der Waals surface area contributed by atoms with Crippen molar-refractivity contribution in [2.75, 3.05) is 24.5 Å². The van der Waals surface area contributed by atoms with Gasteiger partial charge in [0.05, 0.1) is 29.4 Å². The van der Waals surface area contributed by atoms with Crippen molar-refractivity contribution in [3.63, 3.8) is 0 Å². The van der Waals surface area contributed by atoms with Crippen molar-refractivity contribution in [1.29, 1.82) is 0 Å². The number of pyridine rings is 2. The van der Waals surface area contributed by atoms with Crippen molar-refractivity contribution in [2.24, 2.45) is 5.92 Å². The maximum atomic E-state index is 12.8. The normalized spacial score (nSPS) is 16.2. The van der Waals surface area contributed by atoms with Crippen molar-refractivity contribution >= 4 is 37.3 Å². The quantitative estimate of drug-likeness (QED) is 0.419. The molecule has 1 N–H and O–H groups in total. The van der Waals surface area contributed by atoms with Gasteiger partial charge < -0.3 is 9.47 Å². The molecular weight excluding hydrogens is 460 g/mol. The number of thiazole rings is 1. The number of aromatic nitrogens is 3. The summed E-state index contributed by atoms with van der Waals surface area (Å²) in [6.45, 7) is 3.94. The van der Waals surface area contributed by atoms with Gasteiger partial charge in [-0.2, -0.15) is 0 Å². The molecule has 0 radical (unpaired) electrons. The van der Waals surface area contributed by atoms with Crippen LogP contribution >= 0.6 is 11.3 Å². The number of nitrogens with zero attached hydrogens (tertiary/aromatic N) is 3. The smallest absolute Gasteiger partial charge is 0.263 e. The van der Waals surface area contributed by atoms with E-state index in [0.29, 0.717) is 35.8 Å². The Balaban J connectivity index is 1.51. The van der Waals surface area contributed by atoms with Crippen molar-refractivity contribution in [2.45, 2.75) is 18.2 Å². The van der Waals surface area contributed by atoms with Crippen LogP contribution in [0.25, 0.3) is 22.0 Å². The lowest BCUT2D eigenvalue weighted by atomic mass is 10.0. The van der Waals surface area contributed by atoms with Gasteiger partial charge in [0.1, 0.15) is 0 Å². The van der Waals surface area contributed by atoms with E-state index < -0.39 is 10.0 Å². The predicted octanol–water partition coefficient (Wildman–Crippen LogP) is 4.28. The average Bonchev–Trinajstić information content (AvgIpc) is 3.51. The second-order valence-electron chi connectivity index (χ2n) is 7.89. The third kappa shape index (κ3) is 4.68. The molecule has 1 aliphatic heterocycles. The highest BCUT2D eigenvalue weighted by Gasteiger charge is 2.20. The minimum Gasteiger partial charge on any atom is -0.477 e. The van der Waals surface area contributed by atoms with Gasteiger partial charge in [0, 0.05) is 41.9 Å². The van der Waals surface area contributed by atoms with Crippen LogP contribution in [0, 0.1) is 12.8 Å². The molecule has 0 amide bonds. The van der Waals surface area contributed by atoms with E-state index in [0.717, 1.165) is 34.9 Å². The zero-order valence-corrected chi connectivity index (χ0v) is 19.5. The van der Waals surface area contributed by atoms with E-state index in [9.17, 15) is 8.42 Å². The molecule has 10 heteroatoms. The number of hydrogen-bond donors (Lipinski definition) is 1. The Morgan fingerprint density at radius 2 is 2.09 bits per heavy atom. The summed E-state index contributed by atoms with van der Waals surface area (Å²) in [6.07, 6.45) is 5.96. The lowest BCUT2D eigenvalue weighted by molar-refractivity contribution is 0.165. The highest BCUT2D eigenvalue weighted by Crippen LogP contribution is 2.34. The van der Waals surface area contributed by atoms with Gasteiger partial charge in [-0.15, -0.1) is 11.3 Å². The van der Waals surface area contributed by atoms with E-state index in [1.165, 1.54) is 11.3 Å². The monoisotopic (exact) mass is 482 g/mol. The summed E-state index contributed by atoms with van der Waals surface area (Å²) in [4.78, 5) is 13.3. The Morgan fingerprint density at radius 1 is 1.18 bits per heavy atom. The predicted molar refractivity (Wildman–Crippen MR) is 127 cm³/mol. The minimum absolute atomic E-state index is 0.155. The Labute approximate surface area is 195 Å². The fraction of sp³-hybridized carbons (Fsp3) is 0.261. The van der Waals surface area contributed by atoms with Gasteiger partial charge in [0.15, 0.2) is 5.13 Å².